The highest BCUT2D eigenvalue weighted by Gasteiger charge is 2.51. The molecule has 3 aromatic rings. The van der Waals surface area contributed by atoms with E-state index in [-0.39, 0.29) is 19.5 Å². The van der Waals surface area contributed by atoms with Gasteiger partial charge in [0.25, 0.3) is 0 Å². The van der Waals surface area contributed by atoms with Crippen molar-refractivity contribution in [2.45, 2.75) is 18.1 Å². The van der Waals surface area contributed by atoms with E-state index in [1.54, 1.807) is 59.4 Å². The van der Waals surface area contributed by atoms with Crippen LogP contribution >= 0.6 is 0 Å². The smallest absolute Gasteiger partial charge is 0.344 e. The van der Waals surface area contributed by atoms with Crippen molar-refractivity contribution in [1.82, 2.24) is 28.6 Å². The normalized spacial score (nSPS) is 16.2. The van der Waals surface area contributed by atoms with Gasteiger partial charge in [-0.2, -0.15) is 27.8 Å². The molecule has 10 nitrogen and oxygen atoms in total. The maximum Gasteiger partial charge on any atom is 0.404 e. The number of aryl methyl sites for hydroxylation is 1. The first-order valence-corrected chi connectivity index (χ1v) is 11.3. The summed E-state index contributed by atoms with van der Waals surface area (Å²) in [6.45, 7) is -0.435. The molecule has 0 aliphatic carbocycles. The summed E-state index contributed by atoms with van der Waals surface area (Å²) < 4.78 is 66.0. The molecule has 4 heterocycles. The van der Waals surface area contributed by atoms with Crippen molar-refractivity contribution in [3.05, 3.63) is 43.1 Å². The molecule has 1 N–H and O–H groups in total. The number of nitriles is 1. The molecule has 174 valence electrons. The summed E-state index contributed by atoms with van der Waals surface area (Å²) >= 11 is 0. The van der Waals surface area contributed by atoms with Crippen LogP contribution in [0.3, 0.4) is 0 Å². The van der Waals surface area contributed by atoms with Gasteiger partial charge in [0.15, 0.2) is 5.75 Å². The topological polar surface area (TPSA) is 122 Å². The lowest BCUT2D eigenvalue weighted by Crippen LogP contribution is -2.64. The Balaban J connectivity index is 1.53. The van der Waals surface area contributed by atoms with Gasteiger partial charge < -0.3 is 9.88 Å². The van der Waals surface area contributed by atoms with Crippen LogP contribution in [-0.4, -0.2) is 62.1 Å². The summed E-state index contributed by atoms with van der Waals surface area (Å²) in [5.41, 5.74) is 1.01. The third-order valence-electron chi connectivity index (χ3n) is 5.24. The van der Waals surface area contributed by atoms with Gasteiger partial charge in [0.1, 0.15) is 0 Å². The number of alkyl halides is 3. The second-order valence-electron chi connectivity index (χ2n) is 7.80. The van der Waals surface area contributed by atoms with Crippen LogP contribution in [0.4, 0.5) is 24.8 Å². The zero-order valence-corrected chi connectivity index (χ0v) is 18.2. The molecule has 1 fully saturated rings. The van der Waals surface area contributed by atoms with Crippen molar-refractivity contribution in [3.8, 4) is 17.3 Å². The van der Waals surface area contributed by atoms with Crippen LogP contribution in [0, 0.1) is 11.3 Å². The van der Waals surface area contributed by atoms with Crippen LogP contribution in [0.2, 0.25) is 0 Å². The predicted octanol–water partition coefficient (Wildman–Crippen LogP) is 2.24. The maximum absolute atomic E-state index is 12.6. The first-order valence-electron chi connectivity index (χ1n) is 9.69. The van der Waals surface area contributed by atoms with E-state index in [9.17, 15) is 26.9 Å². The monoisotopic (exact) mass is 480 g/mol. The molecule has 33 heavy (non-hydrogen) atoms. The summed E-state index contributed by atoms with van der Waals surface area (Å²) in [4.78, 5) is 8.63. The quantitative estimate of drug-likeness (QED) is 0.550. The average Bonchev–Trinajstić information content (AvgIpc) is 3.32. The van der Waals surface area contributed by atoms with Crippen LogP contribution in [-0.2, 0) is 22.6 Å². The second-order valence-corrected chi connectivity index (χ2v) is 9.77. The maximum atomic E-state index is 12.6. The van der Waals surface area contributed by atoms with Crippen molar-refractivity contribution in [2.75, 3.05) is 24.2 Å². The summed E-state index contributed by atoms with van der Waals surface area (Å²) in [6.07, 6.45) is 3.41. The molecule has 0 atom stereocenters. The molecule has 0 spiro atoms. The first kappa shape index (κ1) is 22.7. The number of anilines is 2. The largest absolute Gasteiger partial charge is 0.404 e. The Morgan fingerprint density at radius 3 is 2.67 bits per heavy atom. The summed E-state index contributed by atoms with van der Waals surface area (Å²) in [7, 11) is -2.73. The third-order valence-corrected chi connectivity index (χ3v) is 6.98. The molecule has 0 radical (unpaired) electrons. The number of halogens is 3. The summed E-state index contributed by atoms with van der Waals surface area (Å²) in [6, 6.07) is 5.43. The Morgan fingerprint density at radius 1 is 1.27 bits per heavy atom. The first-order chi connectivity index (χ1) is 15.5. The van der Waals surface area contributed by atoms with E-state index < -0.39 is 27.5 Å². The minimum atomic E-state index is -4.83. The number of aromatic nitrogens is 5. The number of hydrogen-bond donors (Lipinski definition) is 1. The van der Waals surface area contributed by atoms with E-state index in [0.717, 1.165) is 4.31 Å². The molecule has 0 bridgehead atoms. The van der Waals surface area contributed by atoms with E-state index in [2.05, 4.69) is 20.4 Å². The van der Waals surface area contributed by atoms with Gasteiger partial charge in [0.2, 0.25) is 16.0 Å². The summed E-state index contributed by atoms with van der Waals surface area (Å²) in [5, 5.41) is 16.4. The van der Waals surface area contributed by atoms with E-state index in [0.29, 0.717) is 22.9 Å². The van der Waals surface area contributed by atoms with Gasteiger partial charge in [0.05, 0.1) is 35.6 Å². The number of rotatable bonds is 7. The molecule has 4 rings (SSSR count). The number of nitrogens with zero attached hydrogens (tertiary/aromatic N) is 7. The SMILES string of the molecule is Cn1cc(Nc2nccc(-c3ccn(C4(CC#N)CN(S(=O)(=O)CC(F)(F)F)C4)c3)n2)cn1. The Hall–Kier alpha value is -3.44. The zero-order chi connectivity index (χ0) is 23.9. The standard InChI is InChI=1S/C19H19F3N8O2S/c1-28-10-15(8-25-28)26-17-24-6-2-16(27-17)14-3-7-29(9-14)18(4-5-23)11-30(12-18)33(31,32)13-19(20,21)22/h2-3,6-10H,4,11-13H2,1H3,(H,24,26,27). The second kappa shape index (κ2) is 8.16. The van der Waals surface area contributed by atoms with Gasteiger partial charge in [0, 0.05) is 50.5 Å². The van der Waals surface area contributed by atoms with Crippen LogP contribution in [0.25, 0.3) is 11.3 Å². The molecule has 0 saturated carbocycles. The lowest BCUT2D eigenvalue weighted by atomic mass is 9.89. The lowest BCUT2D eigenvalue weighted by Gasteiger charge is -2.49. The summed E-state index contributed by atoms with van der Waals surface area (Å²) in [5.74, 6) is -1.58. The molecule has 0 aromatic carbocycles. The van der Waals surface area contributed by atoms with Crippen molar-refractivity contribution in [3.63, 3.8) is 0 Å². The van der Waals surface area contributed by atoms with Gasteiger partial charge in [-0.1, -0.05) is 0 Å². The molecule has 0 unspecified atom stereocenters. The lowest BCUT2D eigenvalue weighted by molar-refractivity contribution is -0.107. The van der Waals surface area contributed by atoms with Gasteiger partial charge >= 0.3 is 6.18 Å². The molecular weight excluding hydrogens is 461 g/mol. The molecule has 1 saturated heterocycles. The highest BCUT2D eigenvalue weighted by Crippen LogP contribution is 2.37. The van der Waals surface area contributed by atoms with Gasteiger partial charge in [-0.3, -0.25) is 4.68 Å². The predicted molar refractivity (Wildman–Crippen MR) is 112 cm³/mol. The van der Waals surface area contributed by atoms with Gasteiger partial charge in [-0.25, -0.2) is 18.4 Å². The fourth-order valence-corrected chi connectivity index (χ4v) is 5.13. The fourth-order valence-electron chi connectivity index (χ4n) is 3.66. The zero-order valence-electron chi connectivity index (χ0n) is 17.4. The molecular formula is C19H19F3N8O2S. The third kappa shape index (κ3) is 4.83. The van der Waals surface area contributed by atoms with Gasteiger partial charge in [-0.15, -0.1) is 0 Å². The molecule has 1 aliphatic rings. The fraction of sp³-hybridized carbons (Fsp3) is 0.368. The minimum absolute atomic E-state index is 0.0588. The molecule has 0 amide bonds. The van der Waals surface area contributed by atoms with E-state index in [4.69, 9.17) is 0 Å². The Kier molecular flexibility index (Phi) is 5.62. The highest BCUT2D eigenvalue weighted by atomic mass is 32.2. The Bertz CT molecular complexity index is 1300. The molecule has 1 aliphatic heterocycles. The van der Waals surface area contributed by atoms with E-state index >= 15 is 0 Å². The number of nitrogens with one attached hydrogen (secondary N) is 1. The number of hydrogen-bond acceptors (Lipinski definition) is 7. The van der Waals surface area contributed by atoms with E-state index in [1.165, 1.54) is 0 Å². The van der Waals surface area contributed by atoms with E-state index in [1.807, 2.05) is 6.07 Å². The highest BCUT2D eigenvalue weighted by molar-refractivity contribution is 7.89. The minimum Gasteiger partial charge on any atom is -0.344 e. The average molecular weight is 480 g/mol. The number of sulfonamides is 1. The van der Waals surface area contributed by atoms with Crippen molar-refractivity contribution in [2.24, 2.45) is 7.05 Å². The molecule has 14 heteroatoms. The van der Waals surface area contributed by atoms with Gasteiger partial charge in [-0.05, 0) is 12.1 Å². The van der Waals surface area contributed by atoms with Crippen LogP contribution in [0.5, 0.6) is 0 Å². The molecule has 3 aromatic heterocycles. The van der Waals surface area contributed by atoms with Crippen LogP contribution < -0.4 is 5.32 Å². The van der Waals surface area contributed by atoms with Crippen LogP contribution in [0.15, 0.2) is 43.1 Å². The van der Waals surface area contributed by atoms with Crippen molar-refractivity contribution >= 4 is 21.7 Å². The van der Waals surface area contributed by atoms with Crippen LogP contribution in [0.1, 0.15) is 6.42 Å². The Labute approximate surface area is 187 Å². The van der Waals surface area contributed by atoms with Crippen molar-refractivity contribution in [1.29, 1.82) is 5.26 Å². The van der Waals surface area contributed by atoms with Crippen molar-refractivity contribution < 1.29 is 21.6 Å². The Morgan fingerprint density at radius 2 is 2.03 bits per heavy atom.